The van der Waals surface area contributed by atoms with Gasteiger partial charge in [0.2, 0.25) is 0 Å². The van der Waals surface area contributed by atoms with Gasteiger partial charge in [0, 0.05) is 25.3 Å². The Morgan fingerprint density at radius 1 is 1.26 bits per heavy atom. The molecule has 1 rings (SSSR count). The Labute approximate surface area is 123 Å². The standard InChI is InChI=1S/C13H17Cl2NO3/c1-18-7-8-19-6-2-5-16-13(17)11-4-3-10(14)9-12(11)15/h3-4,9H,2,5-8H2,1H3,(H,16,17). The van der Waals surface area contributed by atoms with Gasteiger partial charge in [0.1, 0.15) is 0 Å². The first-order valence-electron chi connectivity index (χ1n) is 5.95. The number of benzene rings is 1. The van der Waals surface area contributed by atoms with Crippen molar-refractivity contribution in [1.82, 2.24) is 5.32 Å². The number of nitrogens with one attached hydrogen (secondary N) is 1. The van der Waals surface area contributed by atoms with E-state index in [1.54, 1.807) is 25.3 Å². The van der Waals surface area contributed by atoms with E-state index < -0.39 is 0 Å². The molecule has 0 saturated heterocycles. The smallest absolute Gasteiger partial charge is 0.252 e. The van der Waals surface area contributed by atoms with Crippen LogP contribution >= 0.6 is 23.2 Å². The first-order valence-corrected chi connectivity index (χ1v) is 6.70. The van der Waals surface area contributed by atoms with E-state index in [-0.39, 0.29) is 5.91 Å². The first kappa shape index (κ1) is 16.2. The molecule has 1 amide bonds. The Balaban J connectivity index is 2.24. The summed E-state index contributed by atoms with van der Waals surface area (Å²) in [4.78, 5) is 11.8. The van der Waals surface area contributed by atoms with Crippen molar-refractivity contribution in [3.05, 3.63) is 33.8 Å². The van der Waals surface area contributed by atoms with Gasteiger partial charge in [-0.2, -0.15) is 0 Å². The Bertz CT molecular complexity index is 413. The molecule has 0 unspecified atom stereocenters. The van der Waals surface area contributed by atoms with Gasteiger partial charge in [-0.05, 0) is 24.6 Å². The maximum absolute atomic E-state index is 11.8. The largest absolute Gasteiger partial charge is 0.382 e. The van der Waals surface area contributed by atoms with Gasteiger partial charge in [0.25, 0.3) is 5.91 Å². The van der Waals surface area contributed by atoms with Crippen LogP contribution in [0.2, 0.25) is 10.0 Å². The summed E-state index contributed by atoms with van der Waals surface area (Å²) in [5, 5.41) is 3.63. The minimum Gasteiger partial charge on any atom is -0.382 e. The fraction of sp³-hybridized carbons (Fsp3) is 0.462. The van der Waals surface area contributed by atoms with Crippen molar-refractivity contribution >= 4 is 29.1 Å². The van der Waals surface area contributed by atoms with Crippen LogP contribution < -0.4 is 5.32 Å². The molecule has 4 nitrogen and oxygen atoms in total. The lowest BCUT2D eigenvalue weighted by Gasteiger charge is -2.07. The molecule has 0 aliphatic carbocycles. The van der Waals surface area contributed by atoms with Crippen molar-refractivity contribution in [3.63, 3.8) is 0 Å². The fourth-order valence-corrected chi connectivity index (χ4v) is 1.88. The molecule has 0 spiro atoms. The molecule has 0 saturated carbocycles. The average molecular weight is 306 g/mol. The quantitative estimate of drug-likeness (QED) is 0.751. The summed E-state index contributed by atoms with van der Waals surface area (Å²) in [6.45, 7) is 2.25. The van der Waals surface area contributed by atoms with Crippen LogP contribution in [0.25, 0.3) is 0 Å². The summed E-state index contributed by atoms with van der Waals surface area (Å²) in [7, 11) is 1.62. The number of amides is 1. The minimum atomic E-state index is -0.210. The lowest BCUT2D eigenvalue weighted by Crippen LogP contribution is -2.25. The predicted molar refractivity (Wildman–Crippen MR) is 76.1 cm³/mol. The van der Waals surface area contributed by atoms with E-state index >= 15 is 0 Å². The predicted octanol–water partition coefficient (Wildman–Crippen LogP) is 2.78. The zero-order valence-corrected chi connectivity index (χ0v) is 12.3. The van der Waals surface area contributed by atoms with Crippen LogP contribution in [-0.4, -0.2) is 39.4 Å². The third-order valence-electron chi connectivity index (χ3n) is 2.36. The highest BCUT2D eigenvalue weighted by molar-refractivity contribution is 6.36. The molecule has 0 aliphatic rings. The molecule has 6 heteroatoms. The molecule has 0 atom stereocenters. The van der Waals surface area contributed by atoms with Gasteiger partial charge in [-0.15, -0.1) is 0 Å². The van der Waals surface area contributed by atoms with Crippen molar-refractivity contribution in [2.45, 2.75) is 6.42 Å². The average Bonchev–Trinajstić information content (AvgIpc) is 2.37. The van der Waals surface area contributed by atoms with Crippen molar-refractivity contribution < 1.29 is 14.3 Å². The van der Waals surface area contributed by atoms with Crippen LogP contribution in [0, 0.1) is 0 Å². The summed E-state index contributed by atoms with van der Waals surface area (Å²) in [6.07, 6.45) is 0.737. The lowest BCUT2D eigenvalue weighted by atomic mass is 10.2. The van der Waals surface area contributed by atoms with Crippen molar-refractivity contribution in [3.8, 4) is 0 Å². The molecule has 0 fully saturated rings. The molecule has 0 heterocycles. The Hall–Kier alpha value is -0.810. The third-order valence-corrected chi connectivity index (χ3v) is 2.91. The summed E-state index contributed by atoms with van der Waals surface area (Å²) in [6, 6.07) is 4.79. The summed E-state index contributed by atoms with van der Waals surface area (Å²) in [5.41, 5.74) is 0.423. The Kier molecular flexibility index (Phi) is 7.82. The summed E-state index contributed by atoms with van der Waals surface area (Å²) in [5.74, 6) is -0.210. The van der Waals surface area contributed by atoms with Crippen LogP contribution in [0.4, 0.5) is 0 Å². The fourth-order valence-electron chi connectivity index (χ4n) is 1.39. The van der Waals surface area contributed by atoms with Gasteiger partial charge in [-0.3, -0.25) is 4.79 Å². The van der Waals surface area contributed by atoms with Gasteiger partial charge < -0.3 is 14.8 Å². The Morgan fingerprint density at radius 3 is 2.74 bits per heavy atom. The van der Waals surface area contributed by atoms with E-state index in [0.717, 1.165) is 6.42 Å². The van der Waals surface area contributed by atoms with Gasteiger partial charge in [-0.25, -0.2) is 0 Å². The zero-order chi connectivity index (χ0) is 14.1. The molecule has 1 aromatic carbocycles. The highest BCUT2D eigenvalue weighted by Gasteiger charge is 2.09. The van der Waals surface area contributed by atoms with Gasteiger partial charge >= 0.3 is 0 Å². The van der Waals surface area contributed by atoms with Gasteiger partial charge in [0.05, 0.1) is 23.8 Å². The van der Waals surface area contributed by atoms with E-state index in [4.69, 9.17) is 32.7 Å². The van der Waals surface area contributed by atoms with E-state index in [0.29, 0.717) is 42.0 Å². The second kappa shape index (κ2) is 9.15. The molecule has 1 N–H and O–H groups in total. The van der Waals surface area contributed by atoms with E-state index in [1.807, 2.05) is 0 Å². The molecule has 1 aromatic rings. The molecular weight excluding hydrogens is 289 g/mol. The number of carbonyl (C=O) groups is 1. The molecule has 19 heavy (non-hydrogen) atoms. The van der Waals surface area contributed by atoms with E-state index in [2.05, 4.69) is 5.32 Å². The SMILES string of the molecule is COCCOCCCNC(=O)c1ccc(Cl)cc1Cl. The lowest BCUT2D eigenvalue weighted by molar-refractivity contribution is 0.0688. The number of halogens is 2. The van der Waals surface area contributed by atoms with Crippen molar-refractivity contribution in [2.75, 3.05) is 33.5 Å². The molecule has 0 radical (unpaired) electrons. The van der Waals surface area contributed by atoms with E-state index in [1.165, 1.54) is 0 Å². The summed E-state index contributed by atoms with van der Waals surface area (Å²) >= 11 is 11.7. The highest BCUT2D eigenvalue weighted by Crippen LogP contribution is 2.20. The van der Waals surface area contributed by atoms with Crippen LogP contribution in [0.1, 0.15) is 16.8 Å². The monoisotopic (exact) mass is 305 g/mol. The minimum absolute atomic E-state index is 0.210. The first-order chi connectivity index (χ1) is 9.15. The number of carbonyl (C=O) groups excluding carboxylic acids is 1. The van der Waals surface area contributed by atoms with Gasteiger partial charge in [0.15, 0.2) is 0 Å². The number of hydrogen-bond donors (Lipinski definition) is 1. The topological polar surface area (TPSA) is 47.6 Å². The highest BCUT2D eigenvalue weighted by atomic mass is 35.5. The molecule has 106 valence electrons. The summed E-state index contributed by atoms with van der Waals surface area (Å²) < 4.78 is 10.1. The molecule has 0 aliphatic heterocycles. The maximum atomic E-state index is 11.8. The second-order valence-corrected chi connectivity index (χ2v) is 4.68. The maximum Gasteiger partial charge on any atom is 0.252 e. The molecule has 0 bridgehead atoms. The number of methoxy groups -OCH3 is 1. The van der Waals surface area contributed by atoms with E-state index in [9.17, 15) is 4.79 Å². The zero-order valence-electron chi connectivity index (χ0n) is 10.7. The number of hydrogen-bond acceptors (Lipinski definition) is 3. The van der Waals surface area contributed by atoms with Gasteiger partial charge in [-0.1, -0.05) is 23.2 Å². The third kappa shape index (κ3) is 6.25. The number of rotatable bonds is 8. The number of ether oxygens (including phenoxy) is 2. The van der Waals surface area contributed by atoms with Crippen LogP contribution in [0.5, 0.6) is 0 Å². The van der Waals surface area contributed by atoms with Crippen molar-refractivity contribution in [1.29, 1.82) is 0 Å². The van der Waals surface area contributed by atoms with Crippen LogP contribution in [0.3, 0.4) is 0 Å². The normalized spacial score (nSPS) is 10.5. The molecule has 0 aromatic heterocycles. The molecular formula is C13H17Cl2NO3. The van der Waals surface area contributed by atoms with Crippen LogP contribution in [0.15, 0.2) is 18.2 Å². The van der Waals surface area contributed by atoms with Crippen LogP contribution in [-0.2, 0) is 9.47 Å². The Morgan fingerprint density at radius 2 is 2.05 bits per heavy atom. The second-order valence-electron chi connectivity index (χ2n) is 3.84. The van der Waals surface area contributed by atoms with Crippen molar-refractivity contribution in [2.24, 2.45) is 0 Å².